The third-order valence-electron chi connectivity index (χ3n) is 3.35. The minimum Gasteiger partial charge on any atom is -0.480 e. The number of ether oxygens (including phenoxy) is 1. The van der Waals surface area contributed by atoms with Gasteiger partial charge in [-0.15, -0.1) is 0 Å². The summed E-state index contributed by atoms with van der Waals surface area (Å²) in [5.74, 6) is -1.80. The first kappa shape index (κ1) is 18.7. The number of hydrogen-bond acceptors (Lipinski definition) is 5. The maximum atomic E-state index is 12.2. The van der Waals surface area contributed by atoms with E-state index in [1.54, 1.807) is 0 Å². The fourth-order valence-corrected chi connectivity index (χ4v) is 2.10. The van der Waals surface area contributed by atoms with E-state index >= 15 is 0 Å². The minimum absolute atomic E-state index is 0.0400. The third kappa shape index (κ3) is 5.72. The van der Waals surface area contributed by atoms with E-state index in [9.17, 15) is 14.7 Å². The number of carbonyl (C=O) groups excluding carboxylic acids is 1. The molecule has 0 fully saturated rings. The molecule has 1 amide bonds. The molecule has 1 aromatic heterocycles. The highest BCUT2D eigenvalue weighted by molar-refractivity contribution is 5.95. The first-order chi connectivity index (χ1) is 11.8. The maximum Gasteiger partial charge on any atom is 0.326 e. The molecule has 0 radical (unpaired) electrons. The summed E-state index contributed by atoms with van der Waals surface area (Å²) in [6, 6.07) is 9.65. The van der Waals surface area contributed by atoms with Gasteiger partial charge in [0, 0.05) is 24.7 Å². The SMILES string of the molecule is CC(C)(C)OCCC(NC(=O)c1cc(-c2ccccc2)no1)C(=O)O. The number of carboxylic acids is 1. The Morgan fingerprint density at radius 3 is 2.56 bits per heavy atom. The molecule has 134 valence electrons. The van der Waals surface area contributed by atoms with Crippen LogP contribution in [0.5, 0.6) is 0 Å². The molecule has 7 heteroatoms. The summed E-state index contributed by atoms with van der Waals surface area (Å²) < 4.78 is 10.5. The molecular weight excluding hydrogens is 324 g/mol. The molecule has 1 aromatic carbocycles. The fourth-order valence-electron chi connectivity index (χ4n) is 2.10. The van der Waals surface area contributed by atoms with Crippen molar-refractivity contribution in [1.29, 1.82) is 0 Å². The topological polar surface area (TPSA) is 102 Å². The van der Waals surface area contributed by atoms with Crippen molar-refractivity contribution in [3.8, 4) is 11.3 Å². The second-order valence-corrected chi connectivity index (χ2v) is 6.56. The maximum absolute atomic E-state index is 12.2. The lowest BCUT2D eigenvalue weighted by atomic mass is 10.1. The first-order valence-corrected chi connectivity index (χ1v) is 7.96. The fraction of sp³-hybridized carbons (Fsp3) is 0.389. The molecule has 0 spiro atoms. The van der Waals surface area contributed by atoms with Crippen LogP contribution in [-0.4, -0.2) is 40.4 Å². The number of carboxylic acid groups (broad SMARTS) is 1. The second-order valence-electron chi connectivity index (χ2n) is 6.56. The van der Waals surface area contributed by atoms with Crippen molar-refractivity contribution in [2.75, 3.05) is 6.61 Å². The monoisotopic (exact) mass is 346 g/mol. The molecule has 1 unspecified atom stereocenters. The van der Waals surface area contributed by atoms with Crippen LogP contribution in [0.4, 0.5) is 0 Å². The Balaban J connectivity index is 1.99. The van der Waals surface area contributed by atoms with Gasteiger partial charge in [-0.3, -0.25) is 4.79 Å². The Morgan fingerprint density at radius 1 is 1.28 bits per heavy atom. The second kappa shape index (κ2) is 7.94. The molecule has 2 rings (SSSR count). The van der Waals surface area contributed by atoms with Crippen LogP contribution in [0.2, 0.25) is 0 Å². The molecule has 0 saturated carbocycles. The number of carbonyl (C=O) groups is 2. The molecular formula is C18H22N2O5. The zero-order valence-electron chi connectivity index (χ0n) is 14.5. The Bertz CT molecular complexity index is 719. The van der Waals surface area contributed by atoms with E-state index in [-0.39, 0.29) is 24.4 Å². The van der Waals surface area contributed by atoms with Crippen LogP contribution in [-0.2, 0) is 9.53 Å². The van der Waals surface area contributed by atoms with Crippen LogP contribution >= 0.6 is 0 Å². The molecule has 2 aromatic rings. The molecule has 0 aliphatic rings. The summed E-state index contributed by atoms with van der Waals surface area (Å²) in [5, 5.41) is 15.5. The smallest absolute Gasteiger partial charge is 0.326 e. The van der Waals surface area contributed by atoms with Crippen molar-refractivity contribution in [2.45, 2.75) is 38.8 Å². The zero-order valence-corrected chi connectivity index (χ0v) is 14.5. The molecule has 1 heterocycles. The van der Waals surface area contributed by atoms with E-state index in [2.05, 4.69) is 10.5 Å². The van der Waals surface area contributed by atoms with Crippen LogP contribution < -0.4 is 5.32 Å². The average molecular weight is 346 g/mol. The lowest BCUT2D eigenvalue weighted by Crippen LogP contribution is -2.41. The summed E-state index contributed by atoms with van der Waals surface area (Å²) in [6.45, 7) is 5.84. The molecule has 0 aliphatic carbocycles. The van der Waals surface area contributed by atoms with Gasteiger partial charge in [0.2, 0.25) is 5.76 Å². The highest BCUT2D eigenvalue weighted by atomic mass is 16.5. The van der Waals surface area contributed by atoms with Crippen LogP contribution in [0.1, 0.15) is 37.7 Å². The lowest BCUT2D eigenvalue weighted by Gasteiger charge is -2.21. The van der Waals surface area contributed by atoms with Crippen LogP contribution in [0.25, 0.3) is 11.3 Å². The van der Waals surface area contributed by atoms with Crippen molar-refractivity contribution in [2.24, 2.45) is 0 Å². The largest absolute Gasteiger partial charge is 0.480 e. The molecule has 0 bridgehead atoms. The number of aliphatic carboxylic acids is 1. The Morgan fingerprint density at radius 2 is 1.96 bits per heavy atom. The molecule has 25 heavy (non-hydrogen) atoms. The quantitative estimate of drug-likeness (QED) is 0.799. The molecule has 1 atom stereocenters. The van der Waals surface area contributed by atoms with Gasteiger partial charge in [-0.05, 0) is 20.8 Å². The number of hydrogen-bond donors (Lipinski definition) is 2. The van der Waals surface area contributed by atoms with E-state index < -0.39 is 17.9 Å². The Kier molecular flexibility index (Phi) is 5.93. The van der Waals surface area contributed by atoms with Crippen molar-refractivity contribution in [3.63, 3.8) is 0 Å². The highest BCUT2D eigenvalue weighted by Crippen LogP contribution is 2.18. The van der Waals surface area contributed by atoms with Gasteiger partial charge >= 0.3 is 5.97 Å². The first-order valence-electron chi connectivity index (χ1n) is 7.96. The predicted molar refractivity (Wildman–Crippen MR) is 91.2 cm³/mol. The van der Waals surface area contributed by atoms with Gasteiger partial charge < -0.3 is 19.7 Å². The third-order valence-corrected chi connectivity index (χ3v) is 3.35. The predicted octanol–water partition coefficient (Wildman–Crippen LogP) is 2.73. The number of nitrogens with zero attached hydrogens (tertiary/aromatic N) is 1. The standard InChI is InChI=1S/C18H22N2O5/c1-18(2,3)24-10-9-13(17(22)23)19-16(21)15-11-14(20-25-15)12-7-5-4-6-8-12/h4-8,11,13H,9-10H2,1-3H3,(H,19,21)(H,22,23). The van der Waals surface area contributed by atoms with Crippen LogP contribution in [0, 0.1) is 0 Å². The minimum atomic E-state index is -1.13. The van der Waals surface area contributed by atoms with E-state index in [1.807, 2.05) is 51.1 Å². The summed E-state index contributed by atoms with van der Waals surface area (Å²) in [7, 11) is 0. The highest BCUT2D eigenvalue weighted by Gasteiger charge is 2.24. The molecule has 7 nitrogen and oxygen atoms in total. The van der Waals surface area contributed by atoms with Gasteiger partial charge in [-0.25, -0.2) is 4.79 Å². The molecule has 2 N–H and O–H groups in total. The van der Waals surface area contributed by atoms with Gasteiger partial charge in [-0.2, -0.15) is 0 Å². The van der Waals surface area contributed by atoms with E-state index in [1.165, 1.54) is 6.07 Å². The lowest BCUT2D eigenvalue weighted by molar-refractivity contribution is -0.140. The van der Waals surface area contributed by atoms with Crippen LogP contribution in [0.3, 0.4) is 0 Å². The molecule has 0 aliphatic heterocycles. The zero-order chi connectivity index (χ0) is 18.4. The van der Waals surface area contributed by atoms with Gasteiger partial charge in [0.15, 0.2) is 0 Å². The molecule has 0 saturated heterocycles. The Labute approximate surface area is 146 Å². The van der Waals surface area contributed by atoms with E-state index in [0.717, 1.165) is 5.56 Å². The average Bonchev–Trinajstić information content (AvgIpc) is 3.03. The van der Waals surface area contributed by atoms with Crippen molar-refractivity contribution >= 4 is 11.9 Å². The van der Waals surface area contributed by atoms with Gasteiger partial charge in [0.1, 0.15) is 11.7 Å². The normalized spacial score (nSPS) is 12.6. The number of rotatable bonds is 7. The van der Waals surface area contributed by atoms with Crippen molar-refractivity contribution < 1.29 is 24.0 Å². The number of nitrogens with one attached hydrogen (secondary N) is 1. The number of aromatic nitrogens is 1. The summed E-state index contributed by atoms with van der Waals surface area (Å²) in [4.78, 5) is 23.5. The summed E-state index contributed by atoms with van der Waals surface area (Å²) in [6.07, 6.45) is 0.151. The van der Waals surface area contributed by atoms with Gasteiger partial charge in [0.25, 0.3) is 5.91 Å². The van der Waals surface area contributed by atoms with Crippen molar-refractivity contribution in [1.82, 2.24) is 10.5 Å². The van der Waals surface area contributed by atoms with Crippen molar-refractivity contribution in [3.05, 3.63) is 42.2 Å². The number of benzene rings is 1. The summed E-state index contributed by atoms with van der Waals surface area (Å²) >= 11 is 0. The summed E-state index contributed by atoms with van der Waals surface area (Å²) in [5.41, 5.74) is 0.940. The van der Waals surface area contributed by atoms with E-state index in [0.29, 0.717) is 5.69 Å². The Hall–Kier alpha value is -2.67. The van der Waals surface area contributed by atoms with Crippen LogP contribution in [0.15, 0.2) is 40.9 Å². The van der Waals surface area contributed by atoms with Gasteiger partial charge in [0.05, 0.1) is 5.60 Å². The van der Waals surface area contributed by atoms with E-state index in [4.69, 9.17) is 9.26 Å². The number of amides is 1. The van der Waals surface area contributed by atoms with Gasteiger partial charge in [-0.1, -0.05) is 35.5 Å².